The van der Waals surface area contributed by atoms with Crippen molar-refractivity contribution in [3.63, 3.8) is 0 Å². The van der Waals surface area contributed by atoms with E-state index in [0.29, 0.717) is 17.4 Å². The van der Waals surface area contributed by atoms with Crippen LogP contribution in [0, 0.1) is 0 Å². The maximum atomic E-state index is 13.6. The molecule has 0 aromatic rings. The van der Waals surface area contributed by atoms with Gasteiger partial charge in [0.15, 0.2) is 0 Å². The van der Waals surface area contributed by atoms with E-state index in [1.165, 1.54) is 193 Å². The number of nitrogens with zero attached hydrogens (tertiary/aromatic N) is 1. The summed E-state index contributed by atoms with van der Waals surface area (Å²) in [6, 6.07) is -0.896. The molecule has 0 aliphatic carbocycles. The SMILES string of the molecule is CC/C=C\C/C=C\C/C=C\C/C=C\C/C=C\CCCCCCCCCCCCCC(=O)OC(/C=C\CCCCCCCCCCCCC)C(COP(=O)([O-])OCC[N+](C)(C)C)NC(=O)CCCCCCCCCCCCC/C=C\C/C=C\CCCCC. The van der Waals surface area contributed by atoms with Crippen molar-refractivity contribution in [3.8, 4) is 0 Å². The van der Waals surface area contributed by atoms with E-state index in [-0.39, 0.29) is 24.9 Å². The number of carbonyl (C=O) groups excluding carboxylic acids is 2. The largest absolute Gasteiger partial charge is 0.756 e. The smallest absolute Gasteiger partial charge is 0.306 e. The second kappa shape index (κ2) is 65.9. The minimum absolute atomic E-state index is 0.0258. The van der Waals surface area contributed by atoms with Crippen molar-refractivity contribution in [3.05, 3.63) is 97.2 Å². The van der Waals surface area contributed by atoms with E-state index >= 15 is 0 Å². The van der Waals surface area contributed by atoms with Crippen molar-refractivity contribution < 1.29 is 37.3 Å². The summed E-state index contributed by atoms with van der Waals surface area (Å²) in [4.78, 5) is 40.3. The molecule has 87 heavy (non-hydrogen) atoms. The lowest BCUT2D eigenvalue weighted by molar-refractivity contribution is -0.870. The fourth-order valence-corrected chi connectivity index (χ4v) is 11.1. The van der Waals surface area contributed by atoms with E-state index < -0.39 is 26.6 Å². The number of phosphoric acid groups is 1. The summed E-state index contributed by atoms with van der Waals surface area (Å²) < 4.78 is 30.5. The van der Waals surface area contributed by atoms with Gasteiger partial charge in [-0.2, -0.15) is 0 Å². The van der Waals surface area contributed by atoms with Crippen LogP contribution in [0.4, 0.5) is 0 Å². The summed E-state index contributed by atoms with van der Waals surface area (Å²) in [7, 11) is 1.18. The first-order valence-corrected chi connectivity index (χ1v) is 38.0. The number of quaternary nitrogens is 1. The number of amides is 1. The summed E-state index contributed by atoms with van der Waals surface area (Å²) in [6.45, 7) is 6.73. The van der Waals surface area contributed by atoms with Gasteiger partial charge in [-0.25, -0.2) is 0 Å². The number of unbranched alkanes of at least 4 members (excludes halogenated alkanes) is 36. The van der Waals surface area contributed by atoms with E-state index in [4.69, 9.17) is 13.8 Å². The molecule has 10 heteroatoms. The number of allylic oxidation sites excluding steroid dienone is 15. The second-order valence-electron chi connectivity index (χ2n) is 25.7. The minimum atomic E-state index is -4.71. The van der Waals surface area contributed by atoms with Crippen molar-refractivity contribution in [2.24, 2.45) is 0 Å². The number of nitrogens with one attached hydrogen (secondary N) is 1. The molecule has 0 saturated heterocycles. The molecule has 0 bridgehead atoms. The van der Waals surface area contributed by atoms with Crippen molar-refractivity contribution in [1.29, 1.82) is 0 Å². The maximum Gasteiger partial charge on any atom is 0.306 e. The first-order valence-electron chi connectivity index (χ1n) is 36.5. The molecule has 0 radical (unpaired) electrons. The number of likely N-dealkylation sites (N-methyl/N-ethyl adjacent to an activating group) is 1. The third-order valence-corrected chi connectivity index (χ3v) is 17.0. The molecule has 0 aromatic heterocycles. The van der Waals surface area contributed by atoms with E-state index in [9.17, 15) is 19.0 Å². The first kappa shape index (κ1) is 83.9. The topological polar surface area (TPSA) is 114 Å². The van der Waals surface area contributed by atoms with Gasteiger partial charge in [0, 0.05) is 12.8 Å². The van der Waals surface area contributed by atoms with Crippen LogP contribution in [0.15, 0.2) is 97.2 Å². The van der Waals surface area contributed by atoms with E-state index in [1.54, 1.807) is 0 Å². The number of phosphoric ester groups is 1. The number of hydrogen-bond donors (Lipinski definition) is 1. The Kier molecular flexibility index (Phi) is 63.5. The van der Waals surface area contributed by atoms with E-state index in [2.05, 4.69) is 111 Å². The lowest BCUT2D eigenvalue weighted by Crippen LogP contribution is -2.47. The summed E-state index contributed by atoms with van der Waals surface area (Å²) >= 11 is 0. The molecule has 3 atom stereocenters. The van der Waals surface area contributed by atoms with Gasteiger partial charge in [-0.1, -0.05) is 305 Å². The van der Waals surface area contributed by atoms with Crippen LogP contribution in [-0.4, -0.2) is 69.4 Å². The standard InChI is InChI=1S/C77H139N2O7P/c1-7-10-13-16-19-22-25-28-30-32-34-36-37-38-39-40-41-43-45-47-49-52-55-58-61-64-67-70-77(81)86-75(68-65-62-59-56-53-50-27-24-21-18-15-12-9-3)74(73-85-87(82,83)84-72-71-79(4,5)6)78-76(80)69-66-63-60-57-54-51-48-46-44-42-35-33-31-29-26-23-20-17-14-11-8-2/h10,13,19-20,22-23,28-31,34,36,38-39,65,68,74-75H,7-9,11-12,14-18,21,24-27,32-33,35,37,40-64,66-67,69-73H2,1-6H3,(H-,78,80,82,83)/b13-10-,22-19-,23-20-,30-28-,31-29-,36-34-,39-38-,68-65-. The molecule has 1 N–H and O–H groups in total. The van der Waals surface area contributed by atoms with Gasteiger partial charge in [-0.15, -0.1) is 0 Å². The molecule has 0 aliphatic heterocycles. The van der Waals surface area contributed by atoms with Crippen LogP contribution in [-0.2, 0) is 27.9 Å². The molecular weight excluding hydrogens is 1100 g/mol. The first-order chi connectivity index (χ1) is 42.4. The van der Waals surface area contributed by atoms with Gasteiger partial charge in [-0.3, -0.25) is 14.2 Å². The molecule has 0 fully saturated rings. The molecular formula is C77H139N2O7P. The highest BCUT2D eigenvalue weighted by molar-refractivity contribution is 7.45. The number of carbonyl (C=O) groups is 2. The Balaban J connectivity index is 5.07. The van der Waals surface area contributed by atoms with Crippen LogP contribution >= 0.6 is 7.82 Å². The molecule has 9 nitrogen and oxygen atoms in total. The Morgan fingerprint density at radius 3 is 1.13 bits per heavy atom. The molecule has 1 amide bonds. The highest BCUT2D eigenvalue weighted by atomic mass is 31.2. The van der Waals surface area contributed by atoms with Crippen LogP contribution in [0.5, 0.6) is 0 Å². The molecule has 0 spiro atoms. The van der Waals surface area contributed by atoms with Gasteiger partial charge in [0.25, 0.3) is 7.82 Å². The minimum Gasteiger partial charge on any atom is -0.756 e. The van der Waals surface area contributed by atoms with Crippen LogP contribution in [0.25, 0.3) is 0 Å². The predicted molar refractivity (Wildman–Crippen MR) is 376 cm³/mol. The third-order valence-electron chi connectivity index (χ3n) is 16.0. The fourth-order valence-electron chi connectivity index (χ4n) is 10.4. The Bertz CT molecular complexity index is 1810. The number of ether oxygens (including phenoxy) is 1. The molecule has 0 aliphatic rings. The normalized spacial score (nSPS) is 14.1. The zero-order valence-electron chi connectivity index (χ0n) is 57.7. The highest BCUT2D eigenvalue weighted by Crippen LogP contribution is 2.38. The molecule has 0 aromatic carbocycles. The summed E-state index contributed by atoms with van der Waals surface area (Å²) in [5.41, 5.74) is 0. The van der Waals surface area contributed by atoms with E-state index in [1.807, 2.05) is 33.3 Å². The second-order valence-corrected chi connectivity index (χ2v) is 27.1. The van der Waals surface area contributed by atoms with Crippen molar-refractivity contribution in [1.82, 2.24) is 5.32 Å². The number of rotatable bonds is 66. The molecule has 0 heterocycles. The van der Waals surface area contributed by atoms with Gasteiger partial charge in [0.1, 0.15) is 19.3 Å². The van der Waals surface area contributed by atoms with Gasteiger partial charge < -0.3 is 28.5 Å². The van der Waals surface area contributed by atoms with Gasteiger partial charge in [-0.05, 0) is 109 Å². The van der Waals surface area contributed by atoms with Crippen LogP contribution in [0.3, 0.4) is 0 Å². The Morgan fingerprint density at radius 2 is 0.736 bits per heavy atom. The van der Waals surface area contributed by atoms with Crippen LogP contribution < -0.4 is 10.2 Å². The number of hydrogen-bond acceptors (Lipinski definition) is 7. The van der Waals surface area contributed by atoms with Crippen LogP contribution in [0.2, 0.25) is 0 Å². The van der Waals surface area contributed by atoms with Crippen molar-refractivity contribution >= 4 is 19.7 Å². The van der Waals surface area contributed by atoms with Gasteiger partial charge in [0.2, 0.25) is 5.91 Å². The zero-order chi connectivity index (χ0) is 63.5. The quantitative estimate of drug-likeness (QED) is 0.0212. The molecule has 504 valence electrons. The highest BCUT2D eigenvalue weighted by Gasteiger charge is 2.27. The average Bonchev–Trinajstić information content (AvgIpc) is 3.70. The predicted octanol–water partition coefficient (Wildman–Crippen LogP) is 22.8. The summed E-state index contributed by atoms with van der Waals surface area (Å²) in [5.74, 6) is -0.540. The lowest BCUT2D eigenvalue weighted by Gasteiger charge is -2.30. The Labute approximate surface area is 538 Å². The molecule has 0 saturated carbocycles. The summed E-state index contributed by atoms with van der Waals surface area (Å²) in [6.07, 6.45) is 89.5. The Hall–Kier alpha value is -3.07. The monoisotopic (exact) mass is 1240 g/mol. The third kappa shape index (κ3) is 67.2. The molecule has 0 rings (SSSR count). The van der Waals surface area contributed by atoms with Gasteiger partial charge >= 0.3 is 5.97 Å². The molecule has 3 unspecified atom stereocenters. The lowest BCUT2D eigenvalue weighted by atomic mass is 10.0. The van der Waals surface area contributed by atoms with Gasteiger partial charge in [0.05, 0.1) is 33.8 Å². The zero-order valence-corrected chi connectivity index (χ0v) is 58.6. The van der Waals surface area contributed by atoms with E-state index in [0.717, 1.165) is 103 Å². The maximum absolute atomic E-state index is 13.6. The van der Waals surface area contributed by atoms with Crippen molar-refractivity contribution in [2.45, 2.75) is 341 Å². The van der Waals surface area contributed by atoms with Crippen LogP contribution in [0.1, 0.15) is 329 Å². The Morgan fingerprint density at radius 1 is 0.414 bits per heavy atom. The number of esters is 1. The summed E-state index contributed by atoms with van der Waals surface area (Å²) in [5, 5.41) is 3.05. The average molecular weight is 1240 g/mol. The fraction of sp³-hybridized carbons (Fsp3) is 0.766. The van der Waals surface area contributed by atoms with Crippen molar-refractivity contribution in [2.75, 3.05) is 40.9 Å².